The lowest BCUT2D eigenvalue weighted by Gasteiger charge is -2.57. The summed E-state index contributed by atoms with van der Waals surface area (Å²) in [5.41, 5.74) is 0.457. The summed E-state index contributed by atoms with van der Waals surface area (Å²) in [5.74, 6) is 3.08. The monoisotopic (exact) mass is 311 g/mol. The zero-order valence-corrected chi connectivity index (χ0v) is 12.3. The molecular weight excluding hydrogens is 294 g/mol. The van der Waals surface area contributed by atoms with Crippen molar-refractivity contribution in [3.05, 3.63) is 15.9 Å². The Hall–Kier alpha value is -0.0200. The number of hydrogen-bond donors (Lipinski definition) is 1. The van der Waals surface area contributed by atoms with E-state index in [0.717, 1.165) is 17.8 Å². The Labute approximate surface area is 115 Å². The van der Waals surface area contributed by atoms with Crippen molar-refractivity contribution in [1.82, 2.24) is 0 Å². The van der Waals surface area contributed by atoms with Crippen LogP contribution in [0.4, 0.5) is 5.00 Å². The van der Waals surface area contributed by atoms with E-state index < -0.39 is 0 Å². The largest absolute Gasteiger partial charge is 0.371 e. The molecule has 0 unspecified atom stereocenters. The second kappa shape index (κ2) is 3.74. The highest BCUT2D eigenvalue weighted by molar-refractivity contribution is 9.10. The van der Waals surface area contributed by atoms with Crippen molar-refractivity contribution in [2.45, 2.75) is 44.1 Å². The Kier molecular flexibility index (Phi) is 2.39. The number of anilines is 1. The van der Waals surface area contributed by atoms with Gasteiger partial charge in [0.1, 0.15) is 0 Å². The van der Waals surface area contributed by atoms with Crippen molar-refractivity contribution in [3.63, 3.8) is 0 Å². The van der Waals surface area contributed by atoms with Crippen LogP contribution in [-0.2, 0) is 0 Å². The van der Waals surface area contributed by atoms with Gasteiger partial charge < -0.3 is 5.32 Å². The molecule has 4 bridgehead atoms. The smallest absolute Gasteiger partial charge is 0.0898 e. The Morgan fingerprint density at radius 3 is 2.18 bits per heavy atom. The first-order valence-electron chi connectivity index (χ1n) is 6.73. The van der Waals surface area contributed by atoms with Crippen LogP contribution in [0.2, 0.25) is 0 Å². The average Bonchev–Trinajstić information content (AvgIpc) is 2.60. The van der Waals surface area contributed by atoms with E-state index in [2.05, 4.69) is 32.7 Å². The molecule has 4 aliphatic rings. The normalized spacial score (nSPS) is 43.0. The van der Waals surface area contributed by atoms with Crippen molar-refractivity contribution in [2.24, 2.45) is 17.8 Å². The second-order valence-electron chi connectivity index (χ2n) is 6.45. The van der Waals surface area contributed by atoms with Gasteiger partial charge >= 0.3 is 0 Å². The lowest BCUT2D eigenvalue weighted by Crippen LogP contribution is -2.54. The quantitative estimate of drug-likeness (QED) is 0.820. The molecule has 4 fully saturated rings. The van der Waals surface area contributed by atoms with Crippen molar-refractivity contribution in [3.8, 4) is 0 Å². The molecular formula is C14H18BrNS. The van der Waals surface area contributed by atoms with Gasteiger partial charge in [0.2, 0.25) is 0 Å². The van der Waals surface area contributed by atoms with Crippen LogP contribution < -0.4 is 5.32 Å². The van der Waals surface area contributed by atoms with E-state index in [0.29, 0.717) is 5.54 Å². The third-order valence-electron chi connectivity index (χ3n) is 4.99. The number of thiophene rings is 1. The van der Waals surface area contributed by atoms with Gasteiger partial charge in [-0.2, -0.15) is 0 Å². The molecule has 17 heavy (non-hydrogen) atoms. The highest BCUT2D eigenvalue weighted by atomic mass is 79.9. The lowest BCUT2D eigenvalue weighted by atomic mass is 9.53. The summed E-state index contributed by atoms with van der Waals surface area (Å²) in [6.45, 7) is 0. The number of halogens is 1. The standard InChI is InChI=1S/C14H18BrNS/c15-12-4-13(17-8-12)16-14-5-9-1-10(6-14)3-11(2-9)7-14/h4,8-11,16H,1-3,5-7H2. The highest BCUT2D eigenvalue weighted by Crippen LogP contribution is 2.56. The van der Waals surface area contributed by atoms with Crippen LogP contribution in [0.5, 0.6) is 0 Å². The maximum atomic E-state index is 3.90. The Balaban J connectivity index is 1.60. The van der Waals surface area contributed by atoms with Gasteiger partial charge in [-0.25, -0.2) is 0 Å². The van der Waals surface area contributed by atoms with E-state index in [1.165, 1.54) is 48.0 Å². The third-order valence-corrected chi connectivity index (χ3v) is 6.60. The van der Waals surface area contributed by atoms with Gasteiger partial charge in [0.15, 0.2) is 0 Å². The fourth-order valence-electron chi connectivity index (χ4n) is 4.90. The minimum absolute atomic E-state index is 0.457. The molecule has 1 aromatic rings. The Morgan fingerprint density at radius 2 is 1.71 bits per heavy atom. The highest BCUT2D eigenvalue weighted by Gasteiger charge is 2.50. The van der Waals surface area contributed by atoms with Gasteiger partial charge in [-0.3, -0.25) is 0 Å². The average molecular weight is 312 g/mol. The van der Waals surface area contributed by atoms with Crippen molar-refractivity contribution >= 4 is 32.3 Å². The first-order chi connectivity index (χ1) is 8.21. The molecule has 1 heterocycles. The van der Waals surface area contributed by atoms with Gasteiger partial charge in [-0.05, 0) is 78.3 Å². The molecule has 1 nitrogen and oxygen atoms in total. The predicted molar refractivity (Wildman–Crippen MR) is 76.5 cm³/mol. The number of rotatable bonds is 2. The van der Waals surface area contributed by atoms with E-state index in [4.69, 9.17) is 0 Å². The van der Waals surface area contributed by atoms with Crippen LogP contribution in [0, 0.1) is 17.8 Å². The summed E-state index contributed by atoms with van der Waals surface area (Å²) >= 11 is 5.39. The number of hydrogen-bond acceptors (Lipinski definition) is 2. The summed E-state index contributed by atoms with van der Waals surface area (Å²) in [4.78, 5) is 0. The maximum Gasteiger partial charge on any atom is 0.0898 e. The summed E-state index contributed by atoms with van der Waals surface area (Å²) in [6.07, 6.45) is 8.84. The van der Waals surface area contributed by atoms with Crippen LogP contribution in [0.15, 0.2) is 15.9 Å². The molecule has 1 aromatic heterocycles. The second-order valence-corrected chi connectivity index (χ2v) is 8.28. The van der Waals surface area contributed by atoms with Crippen LogP contribution >= 0.6 is 27.3 Å². The van der Waals surface area contributed by atoms with E-state index in [1.807, 2.05) is 11.3 Å². The van der Waals surface area contributed by atoms with Crippen molar-refractivity contribution < 1.29 is 0 Å². The molecule has 0 amide bonds. The minimum atomic E-state index is 0.457. The Morgan fingerprint density at radius 1 is 1.12 bits per heavy atom. The van der Waals surface area contributed by atoms with Crippen molar-refractivity contribution in [1.29, 1.82) is 0 Å². The van der Waals surface area contributed by atoms with E-state index >= 15 is 0 Å². The molecule has 92 valence electrons. The molecule has 0 saturated heterocycles. The summed E-state index contributed by atoms with van der Waals surface area (Å²) in [7, 11) is 0. The first-order valence-corrected chi connectivity index (χ1v) is 8.40. The van der Waals surface area contributed by atoms with E-state index in [-0.39, 0.29) is 0 Å². The molecule has 0 aliphatic heterocycles. The number of nitrogens with one attached hydrogen (secondary N) is 1. The van der Waals surface area contributed by atoms with Gasteiger partial charge in [-0.15, -0.1) is 11.3 Å². The van der Waals surface area contributed by atoms with E-state index in [9.17, 15) is 0 Å². The zero-order valence-electron chi connectivity index (χ0n) is 9.92. The third kappa shape index (κ3) is 1.86. The van der Waals surface area contributed by atoms with Crippen LogP contribution in [-0.4, -0.2) is 5.54 Å². The molecule has 5 rings (SSSR count). The van der Waals surface area contributed by atoms with Gasteiger partial charge in [0.25, 0.3) is 0 Å². The summed E-state index contributed by atoms with van der Waals surface area (Å²) in [6, 6.07) is 2.24. The predicted octanol–water partition coefficient (Wildman–Crippen LogP) is 4.89. The lowest BCUT2D eigenvalue weighted by molar-refractivity contribution is 0.0109. The first kappa shape index (κ1) is 10.9. The summed E-state index contributed by atoms with van der Waals surface area (Å²) < 4.78 is 1.22. The van der Waals surface area contributed by atoms with Crippen LogP contribution in [0.1, 0.15) is 38.5 Å². The molecule has 0 radical (unpaired) electrons. The molecule has 0 aromatic carbocycles. The zero-order chi connectivity index (χ0) is 11.5. The summed E-state index contributed by atoms with van der Waals surface area (Å²) in [5, 5.41) is 7.44. The molecule has 0 atom stereocenters. The molecule has 4 saturated carbocycles. The molecule has 0 spiro atoms. The molecule has 3 heteroatoms. The minimum Gasteiger partial charge on any atom is -0.371 e. The topological polar surface area (TPSA) is 12.0 Å². The maximum absolute atomic E-state index is 3.90. The molecule has 4 aliphatic carbocycles. The van der Waals surface area contributed by atoms with Gasteiger partial charge in [0.05, 0.1) is 5.00 Å². The molecule has 1 N–H and O–H groups in total. The van der Waals surface area contributed by atoms with Crippen molar-refractivity contribution in [2.75, 3.05) is 5.32 Å². The fourth-order valence-corrected chi connectivity index (χ4v) is 6.34. The SMILES string of the molecule is Brc1csc(NC23CC4CC(CC(C4)C2)C3)c1. The van der Waals surface area contributed by atoms with Crippen LogP contribution in [0.3, 0.4) is 0 Å². The fraction of sp³-hybridized carbons (Fsp3) is 0.714. The van der Waals surface area contributed by atoms with Gasteiger partial charge in [0, 0.05) is 15.4 Å². The van der Waals surface area contributed by atoms with Crippen LogP contribution in [0.25, 0.3) is 0 Å². The van der Waals surface area contributed by atoms with Gasteiger partial charge in [-0.1, -0.05) is 0 Å². The Bertz CT molecular complexity index is 404. The van der Waals surface area contributed by atoms with E-state index in [1.54, 1.807) is 0 Å².